The van der Waals surface area contributed by atoms with E-state index in [1.54, 1.807) is 13.8 Å². The maximum atomic E-state index is 11.2. The summed E-state index contributed by atoms with van der Waals surface area (Å²) in [5, 5.41) is 0. The van der Waals surface area contributed by atoms with Crippen LogP contribution in [0.3, 0.4) is 0 Å². The average molecular weight is 203 g/mol. The maximum absolute atomic E-state index is 11.2. The fourth-order valence-electron chi connectivity index (χ4n) is 0.745. The van der Waals surface area contributed by atoms with Crippen LogP contribution in [0.4, 0.5) is 0 Å². The molecule has 0 aromatic carbocycles. The van der Waals surface area contributed by atoms with Crippen molar-refractivity contribution < 1.29 is 14.3 Å². The van der Waals surface area contributed by atoms with Gasteiger partial charge in [0.05, 0.1) is 13.2 Å². The first kappa shape index (κ1) is 13.4. The van der Waals surface area contributed by atoms with Gasteiger partial charge in [-0.2, -0.15) is 0 Å². The third kappa shape index (κ3) is 5.19. The molecule has 14 heavy (non-hydrogen) atoms. The van der Waals surface area contributed by atoms with Gasteiger partial charge >= 0.3 is 5.97 Å². The second kappa shape index (κ2) is 5.98. The summed E-state index contributed by atoms with van der Waals surface area (Å²) >= 11 is 0. The van der Waals surface area contributed by atoms with Crippen molar-refractivity contribution in [3.05, 3.63) is 0 Å². The zero-order valence-electron chi connectivity index (χ0n) is 9.50. The largest absolute Gasteiger partial charge is 0.464 e. The average Bonchev–Trinajstić information content (AvgIpc) is 2.15. The number of carbonyl (C=O) groups is 1. The SMILES string of the molecule is CCOC(=O)C(C)OCC(C)(N)CC. The van der Waals surface area contributed by atoms with Gasteiger partial charge in [-0.3, -0.25) is 0 Å². The van der Waals surface area contributed by atoms with Gasteiger partial charge in [-0.05, 0) is 27.2 Å². The lowest BCUT2D eigenvalue weighted by Gasteiger charge is -2.24. The fraction of sp³-hybridized carbons (Fsp3) is 0.900. The highest BCUT2D eigenvalue weighted by atomic mass is 16.6. The van der Waals surface area contributed by atoms with Gasteiger partial charge in [0.2, 0.25) is 0 Å². The molecule has 2 N–H and O–H groups in total. The van der Waals surface area contributed by atoms with Crippen LogP contribution in [0.2, 0.25) is 0 Å². The number of esters is 1. The van der Waals surface area contributed by atoms with Crippen LogP contribution >= 0.6 is 0 Å². The Labute approximate surface area is 85.8 Å². The zero-order chi connectivity index (χ0) is 11.2. The van der Waals surface area contributed by atoms with Crippen molar-refractivity contribution in [2.45, 2.75) is 45.8 Å². The molecule has 0 aliphatic heterocycles. The molecule has 0 rings (SSSR count). The van der Waals surface area contributed by atoms with Crippen LogP contribution in [-0.2, 0) is 14.3 Å². The summed E-state index contributed by atoms with van der Waals surface area (Å²) in [6, 6.07) is 0. The summed E-state index contributed by atoms with van der Waals surface area (Å²) in [6.45, 7) is 8.06. The van der Waals surface area contributed by atoms with E-state index in [4.69, 9.17) is 15.2 Å². The minimum Gasteiger partial charge on any atom is -0.464 e. The highest BCUT2D eigenvalue weighted by Gasteiger charge is 2.21. The van der Waals surface area contributed by atoms with Crippen molar-refractivity contribution in [1.29, 1.82) is 0 Å². The summed E-state index contributed by atoms with van der Waals surface area (Å²) in [4.78, 5) is 11.2. The van der Waals surface area contributed by atoms with Gasteiger partial charge < -0.3 is 15.2 Å². The molecule has 0 fully saturated rings. The Kier molecular flexibility index (Phi) is 5.72. The number of rotatable bonds is 6. The summed E-state index contributed by atoms with van der Waals surface area (Å²) in [5.74, 6) is -0.334. The second-order valence-corrected chi connectivity index (χ2v) is 3.71. The predicted molar refractivity (Wildman–Crippen MR) is 54.9 cm³/mol. The molecular weight excluding hydrogens is 182 g/mol. The molecule has 84 valence electrons. The molecular formula is C10H21NO3. The van der Waals surface area contributed by atoms with E-state index >= 15 is 0 Å². The van der Waals surface area contributed by atoms with Gasteiger partial charge in [-0.25, -0.2) is 4.79 Å². The van der Waals surface area contributed by atoms with Crippen LogP contribution in [0.1, 0.15) is 34.1 Å². The fourth-order valence-corrected chi connectivity index (χ4v) is 0.745. The minimum absolute atomic E-state index is 0.334. The Morgan fingerprint density at radius 1 is 1.50 bits per heavy atom. The Morgan fingerprint density at radius 2 is 2.07 bits per heavy atom. The molecule has 0 radical (unpaired) electrons. The van der Waals surface area contributed by atoms with E-state index in [1.165, 1.54) is 0 Å². The molecule has 0 aromatic heterocycles. The number of nitrogens with two attached hydrogens (primary N) is 1. The van der Waals surface area contributed by atoms with Crippen molar-refractivity contribution in [1.82, 2.24) is 0 Å². The highest BCUT2D eigenvalue weighted by Crippen LogP contribution is 2.07. The maximum Gasteiger partial charge on any atom is 0.334 e. The molecule has 0 amide bonds. The molecule has 2 atom stereocenters. The molecule has 2 unspecified atom stereocenters. The molecule has 0 heterocycles. The standard InChI is InChI=1S/C10H21NO3/c1-5-10(4,11)7-14-8(3)9(12)13-6-2/h8H,5-7,11H2,1-4H3. The summed E-state index contributed by atoms with van der Waals surface area (Å²) < 4.78 is 10.1. The Hall–Kier alpha value is -0.610. The molecule has 0 saturated carbocycles. The molecule has 0 aromatic rings. The lowest BCUT2D eigenvalue weighted by atomic mass is 10.0. The number of hydrogen-bond donors (Lipinski definition) is 1. The van der Waals surface area contributed by atoms with E-state index in [1.807, 2.05) is 13.8 Å². The van der Waals surface area contributed by atoms with Crippen molar-refractivity contribution in [2.24, 2.45) is 5.73 Å². The zero-order valence-corrected chi connectivity index (χ0v) is 9.50. The first-order valence-corrected chi connectivity index (χ1v) is 5.00. The Balaban J connectivity index is 3.84. The highest BCUT2D eigenvalue weighted by molar-refractivity contribution is 5.74. The molecule has 4 heteroatoms. The minimum atomic E-state index is -0.538. The molecule has 0 aliphatic rings. The van der Waals surface area contributed by atoms with Crippen LogP contribution < -0.4 is 5.73 Å². The van der Waals surface area contributed by atoms with Crippen molar-refractivity contribution in [3.8, 4) is 0 Å². The Bertz CT molecular complexity index is 180. The topological polar surface area (TPSA) is 61.5 Å². The van der Waals surface area contributed by atoms with Gasteiger partial charge in [0, 0.05) is 5.54 Å². The Morgan fingerprint density at radius 3 is 2.50 bits per heavy atom. The normalized spacial score (nSPS) is 17.2. The number of carbonyl (C=O) groups excluding carboxylic acids is 1. The van der Waals surface area contributed by atoms with Gasteiger partial charge in [-0.15, -0.1) is 0 Å². The van der Waals surface area contributed by atoms with Gasteiger partial charge in [0.15, 0.2) is 6.10 Å². The molecule has 0 aliphatic carbocycles. The summed E-state index contributed by atoms with van der Waals surface area (Å²) in [5.41, 5.74) is 5.49. The number of hydrogen-bond acceptors (Lipinski definition) is 4. The van der Waals surface area contributed by atoms with Crippen LogP contribution in [0.15, 0.2) is 0 Å². The quantitative estimate of drug-likeness (QED) is 0.656. The lowest BCUT2D eigenvalue weighted by Crippen LogP contribution is -2.42. The van der Waals surface area contributed by atoms with E-state index in [9.17, 15) is 4.79 Å². The first-order chi connectivity index (χ1) is 6.43. The third-order valence-electron chi connectivity index (χ3n) is 2.09. The van der Waals surface area contributed by atoms with Crippen LogP contribution in [0.25, 0.3) is 0 Å². The third-order valence-corrected chi connectivity index (χ3v) is 2.09. The van der Waals surface area contributed by atoms with Gasteiger partial charge in [0.25, 0.3) is 0 Å². The lowest BCUT2D eigenvalue weighted by molar-refractivity contribution is -0.156. The van der Waals surface area contributed by atoms with Crippen molar-refractivity contribution in [2.75, 3.05) is 13.2 Å². The van der Waals surface area contributed by atoms with Crippen molar-refractivity contribution >= 4 is 5.97 Å². The van der Waals surface area contributed by atoms with Crippen LogP contribution in [0.5, 0.6) is 0 Å². The summed E-state index contributed by atoms with van der Waals surface area (Å²) in [7, 11) is 0. The monoisotopic (exact) mass is 203 g/mol. The van der Waals surface area contributed by atoms with Gasteiger partial charge in [-0.1, -0.05) is 6.92 Å². The first-order valence-electron chi connectivity index (χ1n) is 5.00. The summed E-state index contributed by atoms with van der Waals surface area (Å²) in [6.07, 6.45) is 0.270. The van der Waals surface area contributed by atoms with E-state index in [0.29, 0.717) is 13.2 Å². The second-order valence-electron chi connectivity index (χ2n) is 3.71. The van der Waals surface area contributed by atoms with E-state index in [2.05, 4.69) is 0 Å². The predicted octanol–water partition coefficient (Wildman–Crippen LogP) is 1.08. The smallest absolute Gasteiger partial charge is 0.334 e. The molecule has 0 saturated heterocycles. The van der Waals surface area contributed by atoms with Crippen LogP contribution in [0, 0.1) is 0 Å². The molecule has 0 spiro atoms. The van der Waals surface area contributed by atoms with Crippen molar-refractivity contribution in [3.63, 3.8) is 0 Å². The van der Waals surface area contributed by atoms with E-state index in [0.717, 1.165) is 6.42 Å². The number of ether oxygens (including phenoxy) is 2. The molecule has 4 nitrogen and oxygen atoms in total. The van der Waals surface area contributed by atoms with E-state index < -0.39 is 6.10 Å². The van der Waals surface area contributed by atoms with Gasteiger partial charge in [0.1, 0.15) is 0 Å². The van der Waals surface area contributed by atoms with E-state index in [-0.39, 0.29) is 11.5 Å². The molecule has 0 bridgehead atoms. The van der Waals surface area contributed by atoms with Crippen LogP contribution in [-0.4, -0.2) is 30.8 Å².